The Morgan fingerprint density at radius 3 is 2.70 bits per heavy atom. The van der Waals surface area contributed by atoms with Crippen molar-refractivity contribution in [2.24, 2.45) is 9.98 Å². The normalized spacial score (nSPS) is 19.8. The van der Waals surface area contributed by atoms with Crippen molar-refractivity contribution in [3.63, 3.8) is 0 Å². The van der Waals surface area contributed by atoms with Gasteiger partial charge in [-0.05, 0) is 55.8 Å². The predicted octanol–water partition coefficient (Wildman–Crippen LogP) is 3.54. The summed E-state index contributed by atoms with van der Waals surface area (Å²) in [6, 6.07) is 13.1. The number of carbonyl (C=O) groups is 1. The molecule has 0 spiro atoms. The second-order valence-corrected chi connectivity index (χ2v) is 11.5. The number of aliphatic hydroxyl groups is 1. The number of amidine groups is 1. The molecule has 13 heteroatoms. The summed E-state index contributed by atoms with van der Waals surface area (Å²) in [4.78, 5) is 30.3. The van der Waals surface area contributed by atoms with Crippen LogP contribution in [0.2, 0.25) is 0 Å². The molecule has 3 aliphatic rings. The Kier molecular flexibility index (Phi) is 9.71. The monoisotopic (exact) mass is 632 g/mol. The van der Waals surface area contributed by atoms with Gasteiger partial charge in [0.1, 0.15) is 30.1 Å². The molecule has 0 radical (unpaired) electrons. The number of pyridine rings is 1. The number of aliphatic hydroxyl groups excluding tert-OH is 1. The molecule has 2 aromatic carbocycles. The molecule has 3 aromatic rings. The maximum Gasteiger partial charge on any atom is 0.419 e. The van der Waals surface area contributed by atoms with Crippen LogP contribution in [0.1, 0.15) is 25.0 Å². The van der Waals surface area contributed by atoms with Crippen molar-refractivity contribution in [3.8, 4) is 17.2 Å². The van der Waals surface area contributed by atoms with Gasteiger partial charge >= 0.3 is 6.09 Å². The number of rotatable bonds is 10. The van der Waals surface area contributed by atoms with E-state index in [0.717, 1.165) is 18.7 Å². The van der Waals surface area contributed by atoms with Crippen LogP contribution in [0.4, 0.5) is 14.9 Å². The fraction of sp³-hybridized carbons (Fsp3) is 0.394. The van der Waals surface area contributed by atoms with E-state index in [9.17, 15) is 14.3 Å². The molecular weight excluding hydrogens is 595 g/mol. The zero-order valence-electron chi connectivity index (χ0n) is 25.8. The zero-order valence-corrected chi connectivity index (χ0v) is 25.8. The van der Waals surface area contributed by atoms with Gasteiger partial charge in [0, 0.05) is 44.4 Å². The predicted molar refractivity (Wildman–Crippen MR) is 169 cm³/mol. The lowest BCUT2D eigenvalue weighted by Crippen LogP contribution is -2.48. The SMILES string of the molecule is C[C@@H]1CN(C[C@@H](O)COc2ccc3c(c2OCCc2ccc(F)cc2)N=C(NC(=O)Oc2cccnc2)N2CCN=C32)C[C@H](C)O1. The van der Waals surface area contributed by atoms with E-state index in [1.54, 1.807) is 36.5 Å². The number of hydrogen-bond acceptors (Lipinski definition) is 11. The lowest BCUT2D eigenvalue weighted by atomic mass is 10.1. The lowest BCUT2D eigenvalue weighted by Gasteiger charge is -2.36. The van der Waals surface area contributed by atoms with Crippen LogP contribution in [0, 0.1) is 5.82 Å². The smallest absolute Gasteiger partial charge is 0.419 e. The van der Waals surface area contributed by atoms with Crippen molar-refractivity contribution >= 4 is 23.6 Å². The highest BCUT2D eigenvalue weighted by Gasteiger charge is 2.34. The van der Waals surface area contributed by atoms with Gasteiger partial charge in [-0.2, -0.15) is 0 Å². The third-order valence-corrected chi connectivity index (χ3v) is 7.66. The van der Waals surface area contributed by atoms with E-state index >= 15 is 0 Å². The van der Waals surface area contributed by atoms with Gasteiger partial charge in [0.2, 0.25) is 5.96 Å². The van der Waals surface area contributed by atoms with E-state index in [1.165, 1.54) is 18.3 Å². The number of aromatic nitrogens is 1. The van der Waals surface area contributed by atoms with E-state index in [4.69, 9.17) is 23.9 Å². The molecule has 4 heterocycles. The third kappa shape index (κ3) is 7.61. The first-order valence-electron chi connectivity index (χ1n) is 15.3. The highest BCUT2D eigenvalue weighted by atomic mass is 19.1. The number of nitrogens with zero attached hydrogens (tertiary/aromatic N) is 5. The van der Waals surface area contributed by atoms with Crippen LogP contribution in [0.25, 0.3) is 0 Å². The average Bonchev–Trinajstić information content (AvgIpc) is 3.52. The van der Waals surface area contributed by atoms with Gasteiger partial charge in [0.05, 0.1) is 31.6 Å². The van der Waals surface area contributed by atoms with Crippen LogP contribution in [0.3, 0.4) is 0 Å². The van der Waals surface area contributed by atoms with E-state index in [2.05, 4.69) is 20.2 Å². The molecule has 6 rings (SSSR count). The summed E-state index contributed by atoms with van der Waals surface area (Å²) in [5.41, 5.74) is 2.04. The number of guanidine groups is 1. The van der Waals surface area contributed by atoms with Crippen molar-refractivity contribution in [1.29, 1.82) is 0 Å². The lowest BCUT2D eigenvalue weighted by molar-refractivity contribution is -0.0787. The van der Waals surface area contributed by atoms with E-state index in [-0.39, 0.29) is 42.9 Å². The minimum absolute atomic E-state index is 0.0204. The van der Waals surface area contributed by atoms with Crippen molar-refractivity contribution in [1.82, 2.24) is 20.1 Å². The summed E-state index contributed by atoms with van der Waals surface area (Å²) in [6.07, 6.45) is 2.18. The van der Waals surface area contributed by atoms with Gasteiger partial charge < -0.3 is 24.1 Å². The molecule has 1 amide bonds. The standard InChI is InChI=1S/C33H37FN6O6/c1-21-17-39(18-22(2)45-21)19-25(41)20-44-28-10-9-27-29(30(28)43-15-11-23-5-7-24(34)8-6-23)37-32(40-14-13-36-31(27)40)38-33(42)46-26-4-3-12-35-16-26/h3-10,12,16,21-22,25,41H,11,13-15,17-20H2,1-2H3,(H,37,38,42)/t21-,22+,25-/m1/s1. The Balaban J connectivity index is 1.24. The highest BCUT2D eigenvalue weighted by Crippen LogP contribution is 2.43. The summed E-state index contributed by atoms with van der Waals surface area (Å²) >= 11 is 0. The van der Waals surface area contributed by atoms with Gasteiger partial charge in [0.15, 0.2) is 17.2 Å². The van der Waals surface area contributed by atoms with Crippen LogP contribution < -0.4 is 19.5 Å². The number of morpholine rings is 1. The van der Waals surface area contributed by atoms with Gasteiger partial charge in [-0.3, -0.25) is 25.1 Å². The Hall–Kier alpha value is -4.59. The van der Waals surface area contributed by atoms with E-state index in [0.29, 0.717) is 54.6 Å². The molecule has 3 aliphatic heterocycles. The molecule has 46 heavy (non-hydrogen) atoms. The van der Waals surface area contributed by atoms with Gasteiger partial charge in [-0.1, -0.05) is 12.1 Å². The maximum atomic E-state index is 13.5. The molecule has 1 saturated heterocycles. The minimum Gasteiger partial charge on any atom is -0.487 e. The van der Waals surface area contributed by atoms with E-state index in [1.807, 2.05) is 24.8 Å². The Morgan fingerprint density at radius 2 is 1.93 bits per heavy atom. The first-order valence-corrected chi connectivity index (χ1v) is 15.3. The van der Waals surface area contributed by atoms with Gasteiger partial charge in [-0.15, -0.1) is 0 Å². The number of benzene rings is 2. The number of aliphatic imine (C=N–C) groups is 2. The summed E-state index contributed by atoms with van der Waals surface area (Å²) in [5, 5.41) is 13.6. The van der Waals surface area contributed by atoms with Crippen molar-refractivity contribution in [3.05, 3.63) is 77.9 Å². The van der Waals surface area contributed by atoms with Crippen LogP contribution in [0.15, 0.2) is 70.9 Å². The van der Waals surface area contributed by atoms with Crippen LogP contribution in [-0.4, -0.2) is 102 Å². The second kappa shape index (κ2) is 14.2. The van der Waals surface area contributed by atoms with Crippen LogP contribution in [-0.2, 0) is 11.2 Å². The van der Waals surface area contributed by atoms with Crippen LogP contribution in [0.5, 0.6) is 17.2 Å². The maximum absolute atomic E-state index is 13.5. The number of halogens is 1. The van der Waals surface area contributed by atoms with Crippen molar-refractivity contribution in [2.45, 2.75) is 38.6 Å². The topological polar surface area (TPSA) is 130 Å². The zero-order chi connectivity index (χ0) is 32.0. The number of ether oxygens (including phenoxy) is 4. The largest absolute Gasteiger partial charge is 0.487 e. The fourth-order valence-electron chi connectivity index (χ4n) is 5.77. The van der Waals surface area contributed by atoms with Gasteiger partial charge in [0.25, 0.3) is 0 Å². The molecule has 1 aromatic heterocycles. The first-order chi connectivity index (χ1) is 22.3. The molecule has 0 unspecified atom stereocenters. The van der Waals surface area contributed by atoms with Gasteiger partial charge in [-0.25, -0.2) is 14.2 Å². The molecule has 0 bridgehead atoms. The number of β-amino-alcohol motifs (C(OH)–C–C–N with tert-alkyl or cyclic N) is 1. The van der Waals surface area contributed by atoms with Crippen molar-refractivity contribution in [2.75, 3.05) is 45.9 Å². The quantitative estimate of drug-likeness (QED) is 0.345. The first kappa shape index (κ1) is 31.4. The summed E-state index contributed by atoms with van der Waals surface area (Å²) in [5.74, 6) is 1.56. The molecule has 12 nitrogen and oxygen atoms in total. The minimum atomic E-state index is -0.765. The Labute approximate surface area is 266 Å². The Bertz CT molecular complexity index is 1580. The molecular formula is C33H37FN6O6. The molecule has 242 valence electrons. The van der Waals surface area contributed by atoms with Crippen molar-refractivity contribution < 1.29 is 33.2 Å². The number of amides is 1. The number of hydrogen-bond donors (Lipinski definition) is 2. The molecule has 0 saturated carbocycles. The van der Waals surface area contributed by atoms with Crippen LogP contribution >= 0.6 is 0 Å². The molecule has 3 atom stereocenters. The number of fused-ring (bicyclic) bond motifs is 3. The molecule has 2 N–H and O–H groups in total. The summed E-state index contributed by atoms with van der Waals surface area (Å²) in [7, 11) is 0. The summed E-state index contributed by atoms with van der Waals surface area (Å²) < 4.78 is 37.1. The molecule has 0 aliphatic carbocycles. The highest BCUT2D eigenvalue weighted by molar-refractivity contribution is 6.18. The molecule has 1 fully saturated rings. The average molecular weight is 633 g/mol. The summed E-state index contributed by atoms with van der Waals surface area (Å²) in [6.45, 7) is 7.21. The fourth-order valence-corrected chi connectivity index (χ4v) is 5.77. The number of carbonyl (C=O) groups excluding carboxylic acids is 1. The Morgan fingerprint density at radius 1 is 1.13 bits per heavy atom. The second-order valence-electron chi connectivity index (χ2n) is 11.5. The third-order valence-electron chi connectivity index (χ3n) is 7.66. The number of nitrogens with one attached hydrogen (secondary N) is 1. The van der Waals surface area contributed by atoms with E-state index < -0.39 is 12.2 Å².